The first kappa shape index (κ1) is 20.8. The van der Waals surface area contributed by atoms with E-state index >= 15 is 0 Å². The topological polar surface area (TPSA) is 55.6 Å². The zero-order valence-corrected chi connectivity index (χ0v) is 15.8. The summed E-state index contributed by atoms with van der Waals surface area (Å²) in [5.41, 5.74) is 7.22. The molecular weight excluding hydrogens is 324 g/mol. The minimum absolute atomic E-state index is 0. The molecule has 1 aliphatic rings. The highest BCUT2D eigenvalue weighted by atomic mass is 35.5. The van der Waals surface area contributed by atoms with Crippen molar-refractivity contribution in [3.05, 3.63) is 29.8 Å². The van der Waals surface area contributed by atoms with E-state index in [0.29, 0.717) is 5.92 Å². The number of piperidine rings is 1. The maximum Gasteiger partial charge on any atom is 0.260 e. The van der Waals surface area contributed by atoms with Gasteiger partial charge in [0.05, 0.1) is 0 Å². The van der Waals surface area contributed by atoms with Crippen molar-refractivity contribution in [1.29, 1.82) is 0 Å². The maximum absolute atomic E-state index is 12.6. The van der Waals surface area contributed by atoms with Gasteiger partial charge in [-0.2, -0.15) is 0 Å². The predicted octanol–water partition coefficient (Wildman–Crippen LogP) is 3.73. The van der Waals surface area contributed by atoms with E-state index in [0.717, 1.165) is 38.0 Å². The Morgan fingerprint density at radius 3 is 2.71 bits per heavy atom. The molecule has 4 nitrogen and oxygen atoms in total. The number of carbonyl (C=O) groups excluding carboxylic acids is 1. The predicted molar refractivity (Wildman–Crippen MR) is 101 cm³/mol. The molecule has 0 saturated carbocycles. The Morgan fingerprint density at radius 2 is 2.04 bits per heavy atom. The Balaban J connectivity index is 0.00000288. The van der Waals surface area contributed by atoms with Crippen LogP contribution in [0.2, 0.25) is 0 Å². The number of hydrogen-bond donors (Lipinski definition) is 1. The zero-order chi connectivity index (χ0) is 16.8. The van der Waals surface area contributed by atoms with Crippen LogP contribution in [0.1, 0.15) is 57.9 Å². The van der Waals surface area contributed by atoms with E-state index in [1.165, 1.54) is 5.56 Å². The molecule has 1 aromatic carbocycles. The number of benzene rings is 1. The summed E-state index contributed by atoms with van der Waals surface area (Å²) in [6, 6.07) is 8.16. The maximum atomic E-state index is 12.6. The van der Waals surface area contributed by atoms with Gasteiger partial charge in [-0.1, -0.05) is 32.0 Å². The van der Waals surface area contributed by atoms with Crippen LogP contribution in [0, 0.1) is 0 Å². The van der Waals surface area contributed by atoms with Gasteiger partial charge in [-0.3, -0.25) is 4.79 Å². The van der Waals surface area contributed by atoms with E-state index in [1.807, 2.05) is 30.0 Å². The second-order valence-corrected chi connectivity index (χ2v) is 6.65. The van der Waals surface area contributed by atoms with Crippen LogP contribution in [-0.2, 0) is 4.79 Å². The third kappa shape index (κ3) is 5.12. The lowest BCUT2D eigenvalue weighted by Gasteiger charge is -2.38. The molecule has 3 unspecified atom stereocenters. The number of rotatable bonds is 6. The smallest absolute Gasteiger partial charge is 0.260 e. The lowest BCUT2D eigenvalue weighted by atomic mass is 9.97. The normalized spacial score (nSPS) is 20.0. The summed E-state index contributed by atoms with van der Waals surface area (Å²) in [5.74, 6) is 1.30. The lowest BCUT2D eigenvalue weighted by molar-refractivity contribution is -0.137. The van der Waals surface area contributed by atoms with E-state index < -0.39 is 0 Å². The highest BCUT2D eigenvalue weighted by Gasteiger charge is 2.29. The van der Waals surface area contributed by atoms with Crippen molar-refractivity contribution in [2.45, 2.75) is 64.5 Å². The van der Waals surface area contributed by atoms with Crippen molar-refractivity contribution in [3.8, 4) is 5.75 Å². The Morgan fingerprint density at radius 1 is 1.33 bits per heavy atom. The minimum atomic E-state index is 0. The molecule has 1 heterocycles. The molecule has 0 bridgehead atoms. The minimum Gasteiger partial charge on any atom is -0.483 e. The first-order chi connectivity index (χ1) is 11.0. The molecule has 5 heteroatoms. The van der Waals surface area contributed by atoms with E-state index in [1.54, 1.807) is 0 Å². The molecule has 0 spiro atoms. The van der Waals surface area contributed by atoms with Crippen molar-refractivity contribution in [2.75, 3.05) is 13.2 Å². The van der Waals surface area contributed by atoms with E-state index in [2.05, 4.69) is 19.9 Å². The molecule has 2 N–H and O–H groups in total. The van der Waals surface area contributed by atoms with Gasteiger partial charge in [-0.25, -0.2) is 0 Å². The zero-order valence-electron chi connectivity index (χ0n) is 15.0. The number of nitrogens with zero attached hydrogens (tertiary/aromatic N) is 1. The highest BCUT2D eigenvalue weighted by Crippen LogP contribution is 2.28. The van der Waals surface area contributed by atoms with Gasteiger partial charge >= 0.3 is 0 Å². The van der Waals surface area contributed by atoms with Crippen molar-refractivity contribution in [2.24, 2.45) is 5.73 Å². The number of carbonyl (C=O) groups is 1. The van der Waals surface area contributed by atoms with Gasteiger partial charge in [0.25, 0.3) is 5.91 Å². The second-order valence-electron chi connectivity index (χ2n) is 6.65. The van der Waals surface area contributed by atoms with E-state index in [-0.39, 0.29) is 37.0 Å². The average molecular weight is 355 g/mol. The fourth-order valence-electron chi connectivity index (χ4n) is 3.28. The Kier molecular flexibility index (Phi) is 8.57. The van der Waals surface area contributed by atoms with Crippen molar-refractivity contribution in [3.63, 3.8) is 0 Å². The number of likely N-dealkylation sites (tertiary alicyclic amines) is 1. The molecule has 1 amide bonds. The van der Waals surface area contributed by atoms with E-state index in [9.17, 15) is 4.79 Å². The standard InChI is InChI=1S/C19H30N2O2.ClH/c1-4-14(2)16-9-5-6-11-18(16)23-13-19(22)21-12-8-7-10-17(21)15(3)20;/h5-6,9,11,14-15,17H,4,7-8,10,12-13,20H2,1-3H3;1H. The van der Waals surface area contributed by atoms with Crippen molar-refractivity contribution >= 4 is 18.3 Å². The Labute approximate surface area is 152 Å². The fraction of sp³-hybridized carbons (Fsp3) is 0.632. The van der Waals surface area contributed by atoms with Gasteiger partial charge < -0.3 is 15.4 Å². The summed E-state index contributed by atoms with van der Waals surface area (Å²) < 4.78 is 5.87. The Hall–Kier alpha value is -1.26. The first-order valence-electron chi connectivity index (χ1n) is 8.81. The summed E-state index contributed by atoms with van der Waals surface area (Å²) in [4.78, 5) is 14.5. The molecular formula is C19H31ClN2O2. The molecule has 3 atom stereocenters. The van der Waals surface area contributed by atoms with Gasteiger partial charge in [0.2, 0.25) is 0 Å². The quantitative estimate of drug-likeness (QED) is 0.846. The molecule has 136 valence electrons. The lowest BCUT2D eigenvalue weighted by Crippen LogP contribution is -2.52. The molecule has 0 radical (unpaired) electrons. The Bertz CT molecular complexity index is 522. The third-order valence-electron chi connectivity index (χ3n) is 4.89. The van der Waals surface area contributed by atoms with Crippen LogP contribution in [-0.4, -0.2) is 36.0 Å². The summed E-state index contributed by atoms with van der Waals surface area (Å²) in [6.45, 7) is 7.21. The average Bonchev–Trinajstić information content (AvgIpc) is 2.59. The van der Waals surface area contributed by atoms with Crippen LogP contribution in [0.3, 0.4) is 0 Å². The van der Waals surface area contributed by atoms with Crippen LogP contribution in [0.25, 0.3) is 0 Å². The molecule has 2 rings (SSSR count). The summed E-state index contributed by atoms with van der Waals surface area (Å²) in [5, 5.41) is 0. The number of amides is 1. The molecule has 24 heavy (non-hydrogen) atoms. The molecule has 1 aromatic rings. The molecule has 1 aliphatic heterocycles. The molecule has 0 aliphatic carbocycles. The molecule has 0 aromatic heterocycles. The van der Waals surface area contributed by atoms with Crippen LogP contribution in [0.5, 0.6) is 5.75 Å². The number of para-hydroxylation sites is 1. The SMILES string of the molecule is CCC(C)c1ccccc1OCC(=O)N1CCCCC1C(C)N.Cl. The van der Waals surface area contributed by atoms with Crippen molar-refractivity contribution in [1.82, 2.24) is 4.90 Å². The van der Waals surface area contributed by atoms with Gasteiger partial charge in [-0.15, -0.1) is 12.4 Å². The summed E-state index contributed by atoms with van der Waals surface area (Å²) in [7, 11) is 0. The van der Waals surface area contributed by atoms with Crippen LogP contribution >= 0.6 is 12.4 Å². The number of hydrogen-bond acceptors (Lipinski definition) is 3. The summed E-state index contributed by atoms with van der Waals surface area (Å²) in [6.07, 6.45) is 4.24. The van der Waals surface area contributed by atoms with Gasteiger partial charge in [0.1, 0.15) is 5.75 Å². The van der Waals surface area contributed by atoms with Crippen LogP contribution in [0.15, 0.2) is 24.3 Å². The number of nitrogens with two attached hydrogens (primary N) is 1. The second kappa shape index (κ2) is 9.90. The number of halogens is 1. The summed E-state index contributed by atoms with van der Waals surface area (Å²) >= 11 is 0. The monoisotopic (exact) mass is 354 g/mol. The fourth-order valence-corrected chi connectivity index (χ4v) is 3.28. The van der Waals surface area contributed by atoms with Crippen LogP contribution < -0.4 is 10.5 Å². The van der Waals surface area contributed by atoms with Gasteiger partial charge in [0.15, 0.2) is 6.61 Å². The van der Waals surface area contributed by atoms with Crippen molar-refractivity contribution < 1.29 is 9.53 Å². The third-order valence-corrected chi connectivity index (χ3v) is 4.89. The molecule has 1 saturated heterocycles. The van der Waals surface area contributed by atoms with Gasteiger partial charge in [0, 0.05) is 18.6 Å². The highest BCUT2D eigenvalue weighted by molar-refractivity contribution is 5.85. The van der Waals surface area contributed by atoms with E-state index in [4.69, 9.17) is 10.5 Å². The van der Waals surface area contributed by atoms with Crippen LogP contribution in [0.4, 0.5) is 0 Å². The molecule has 1 fully saturated rings. The largest absolute Gasteiger partial charge is 0.483 e. The van der Waals surface area contributed by atoms with Gasteiger partial charge in [-0.05, 0) is 50.2 Å². The first-order valence-corrected chi connectivity index (χ1v) is 8.81. The number of ether oxygens (including phenoxy) is 1.